The highest BCUT2D eigenvalue weighted by Crippen LogP contribution is 2.28. The Morgan fingerprint density at radius 2 is 1.90 bits per heavy atom. The molecule has 0 aromatic carbocycles. The quantitative estimate of drug-likeness (QED) is 0.813. The largest absolute Gasteiger partial charge is 0.314 e. The van der Waals surface area contributed by atoms with Crippen molar-refractivity contribution in [3.05, 3.63) is 18.5 Å². The van der Waals surface area contributed by atoms with Crippen LogP contribution in [0.3, 0.4) is 0 Å². The second-order valence-electron chi connectivity index (χ2n) is 6.02. The molecule has 6 nitrogen and oxygen atoms in total. The summed E-state index contributed by atoms with van der Waals surface area (Å²) < 4.78 is 0. The smallest absolute Gasteiger partial charge is 0.240 e. The number of carbonyl (C=O) groups is 1. The molecule has 0 unspecified atom stereocenters. The van der Waals surface area contributed by atoms with Gasteiger partial charge in [0.2, 0.25) is 11.9 Å². The zero-order valence-corrected chi connectivity index (χ0v) is 12.3. The summed E-state index contributed by atoms with van der Waals surface area (Å²) in [6, 6.07) is 2.36. The second kappa shape index (κ2) is 6.95. The maximum atomic E-state index is 11.9. The fourth-order valence-electron chi connectivity index (χ4n) is 2.68. The van der Waals surface area contributed by atoms with Crippen LogP contribution >= 0.6 is 0 Å². The highest BCUT2D eigenvalue weighted by Gasteiger charge is 2.25. The molecule has 0 radical (unpaired) electrons. The first-order chi connectivity index (χ1) is 10.3. The van der Waals surface area contributed by atoms with Gasteiger partial charge in [0.25, 0.3) is 0 Å². The molecule has 2 aliphatic rings. The normalized spacial score (nSPS) is 20.4. The Morgan fingerprint density at radius 1 is 1.19 bits per heavy atom. The maximum absolute atomic E-state index is 11.9. The molecular weight excluding hydrogens is 266 g/mol. The minimum absolute atomic E-state index is 0.0365. The number of rotatable bonds is 6. The summed E-state index contributed by atoms with van der Waals surface area (Å²) in [6.45, 7) is 3.56. The van der Waals surface area contributed by atoms with E-state index in [9.17, 15) is 4.79 Å². The molecule has 114 valence electrons. The molecule has 1 saturated heterocycles. The summed E-state index contributed by atoms with van der Waals surface area (Å²) in [4.78, 5) is 22.1. The van der Waals surface area contributed by atoms with Crippen molar-refractivity contribution in [2.24, 2.45) is 5.92 Å². The third-order valence-corrected chi connectivity index (χ3v) is 4.16. The molecule has 1 saturated carbocycles. The van der Waals surface area contributed by atoms with Crippen molar-refractivity contribution < 1.29 is 4.79 Å². The Labute approximate surface area is 125 Å². The highest BCUT2D eigenvalue weighted by atomic mass is 16.2. The van der Waals surface area contributed by atoms with E-state index in [4.69, 9.17) is 0 Å². The van der Waals surface area contributed by atoms with Gasteiger partial charge in [-0.1, -0.05) is 0 Å². The first-order valence-corrected chi connectivity index (χ1v) is 7.82. The summed E-state index contributed by atoms with van der Waals surface area (Å²) in [5.41, 5.74) is 0. The van der Waals surface area contributed by atoms with Crippen molar-refractivity contribution in [3.8, 4) is 0 Å². The van der Waals surface area contributed by atoms with Crippen LogP contribution in [0.25, 0.3) is 0 Å². The van der Waals surface area contributed by atoms with E-state index in [1.807, 2.05) is 0 Å². The van der Waals surface area contributed by atoms with Crippen molar-refractivity contribution in [2.45, 2.75) is 31.7 Å². The highest BCUT2D eigenvalue weighted by molar-refractivity contribution is 5.90. The van der Waals surface area contributed by atoms with Gasteiger partial charge in [0.1, 0.15) is 0 Å². The number of piperidine rings is 1. The summed E-state index contributed by atoms with van der Waals surface area (Å²) in [6.07, 6.45) is 8.30. The summed E-state index contributed by atoms with van der Waals surface area (Å²) >= 11 is 0. The lowest BCUT2D eigenvalue weighted by molar-refractivity contribution is -0.117. The molecule has 6 heteroatoms. The predicted molar refractivity (Wildman–Crippen MR) is 80.9 cm³/mol. The number of hydrogen-bond acceptors (Lipinski definition) is 5. The van der Waals surface area contributed by atoms with Crippen molar-refractivity contribution in [3.63, 3.8) is 0 Å². The molecule has 2 N–H and O–H groups in total. The standard InChI is InChI=1S/C15H23N5O/c21-14(19-15-16-6-1-7-17-15)11-20-8-4-13(5-9-20)18-10-12-2-3-12/h1,6-7,12-13,18H,2-5,8-11H2,(H,16,17,19,21). The maximum Gasteiger partial charge on any atom is 0.240 e. The zero-order valence-electron chi connectivity index (χ0n) is 12.3. The van der Waals surface area contributed by atoms with Gasteiger partial charge in [-0.3, -0.25) is 15.0 Å². The van der Waals surface area contributed by atoms with Gasteiger partial charge < -0.3 is 5.32 Å². The van der Waals surface area contributed by atoms with E-state index in [0.717, 1.165) is 31.8 Å². The van der Waals surface area contributed by atoms with Gasteiger partial charge in [0, 0.05) is 31.5 Å². The Hall–Kier alpha value is -1.53. The number of anilines is 1. The Kier molecular flexibility index (Phi) is 4.77. The van der Waals surface area contributed by atoms with Gasteiger partial charge in [-0.05, 0) is 44.2 Å². The van der Waals surface area contributed by atoms with Crippen LogP contribution in [-0.4, -0.2) is 53.0 Å². The van der Waals surface area contributed by atoms with Gasteiger partial charge in [0.15, 0.2) is 0 Å². The molecular formula is C15H23N5O. The van der Waals surface area contributed by atoms with Crippen LogP contribution in [0.15, 0.2) is 18.5 Å². The number of aromatic nitrogens is 2. The third kappa shape index (κ3) is 4.75. The first kappa shape index (κ1) is 14.4. The number of amides is 1. The molecule has 1 aliphatic carbocycles. The average molecular weight is 289 g/mol. The average Bonchev–Trinajstić information content (AvgIpc) is 3.32. The van der Waals surface area contributed by atoms with Crippen LogP contribution in [0.5, 0.6) is 0 Å². The lowest BCUT2D eigenvalue weighted by Gasteiger charge is -2.31. The lowest BCUT2D eigenvalue weighted by Crippen LogP contribution is -2.45. The summed E-state index contributed by atoms with van der Waals surface area (Å²) in [7, 11) is 0. The van der Waals surface area contributed by atoms with Crippen LogP contribution in [0.1, 0.15) is 25.7 Å². The van der Waals surface area contributed by atoms with E-state index in [1.54, 1.807) is 18.5 Å². The van der Waals surface area contributed by atoms with E-state index in [2.05, 4.69) is 25.5 Å². The van der Waals surface area contributed by atoms with E-state index in [0.29, 0.717) is 18.5 Å². The molecule has 1 aromatic heterocycles. The van der Waals surface area contributed by atoms with E-state index in [-0.39, 0.29) is 5.91 Å². The number of likely N-dealkylation sites (tertiary alicyclic amines) is 1. The number of hydrogen-bond donors (Lipinski definition) is 2. The topological polar surface area (TPSA) is 70.2 Å². The minimum Gasteiger partial charge on any atom is -0.314 e. The molecule has 21 heavy (non-hydrogen) atoms. The minimum atomic E-state index is -0.0365. The van der Waals surface area contributed by atoms with Crippen LogP contribution in [0.4, 0.5) is 5.95 Å². The summed E-state index contributed by atoms with van der Waals surface area (Å²) in [5, 5.41) is 6.38. The SMILES string of the molecule is O=C(CN1CCC(NCC2CC2)CC1)Nc1ncccn1. The Bertz CT molecular complexity index is 454. The van der Waals surface area contributed by atoms with Crippen molar-refractivity contribution >= 4 is 11.9 Å². The van der Waals surface area contributed by atoms with Crippen LogP contribution in [-0.2, 0) is 4.79 Å². The van der Waals surface area contributed by atoms with Crippen molar-refractivity contribution in [1.82, 2.24) is 20.2 Å². The van der Waals surface area contributed by atoms with E-state index >= 15 is 0 Å². The number of nitrogens with one attached hydrogen (secondary N) is 2. The van der Waals surface area contributed by atoms with E-state index < -0.39 is 0 Å². The molecule has 1 amide bonds. The first-order valence-electron chi connectivity index (χ1n) is 7.82. The van der Waals surface area contributed by atoms with Crippen molar-refractivity contribution in [1.29, 1.82) is 0 Å². The summed E-state index contributed by atoms with van der Waals surface area (Å²) in [5.74, 6) is 1.27. The fraction of sp³-hybridized carbons (Fsp3) is 0.667. The van der Waals surface area contributed by atoms with Gasteiger partial charge in [-0.25, -0.2) is 9.97 Å². The molecule has 1 aromatic rings. The Balaban J connectivity index is 1.35. The van der Waals surface area contributed by atoms with Gasteiger partial charge in [-0.15, -0.1) is 0 Å². The lowest BCUT2D eigenvalue weighted by atomic mass is 10.0. The van der Waals surface area contributed by atoms with Gasteiger partial charge in [0.05, 0.1) is 6.54 Å². The fourth-order valence-corrected chi connectivity index (χ4v) is 2.68. The zero-order chi connectivity index (χ0) is 14.5. The van der Waals surface area contributed by atoms with Crippen LogP contribution < -0.4 is 10.6 Å². The number of nitrogens with zero attached hydrogens (tertiary/aromatic N) is 3. The number of carbonyl (C=O) groups excluding carboxylic acids is 1. The predicted octanol–water partition coefficient (Wildman–Crippen LogP) is 0.879. The van der Waals surface area contributed by atoms with Crippen LogP contribution in [0, 0.1) is 5.92 Å². The molecule has 3 rings (SSSR count). The second-order valence-corrected chi connectivity index (χ2v) is 6.02. The molecule has 2 fully saturated rings. The molecule has 1 aliphatic heterocycles. The monoisotopic (exact) mass is 289 g/mol. The van der Waals surface area contributed by atoms with Gasteiger partial charge in [-0.2, -0.15) is 0 Å². The van der Waals surface area contributed by atoms with Crippen molar-refractivity contribution in [2.75, 3.05) is 31.5 Å². The third-order valence-electron chi connectivity index (χ3n) is 4.16. The molecule has 0 atom stereocenters. The van der Waals surface area contributed by atoms with E-state index in [1.165, 1.54) is 19.4 Å². The Morgan fingerprint density at radius 3 is 2.57 bits per heavy atom. The van der Waals surface area contributed by atoms with Gasteiger partial charge >= 0.3 is 0 Å². The van der Waals surface area contributed by atoms with Crippen LogP contribution in [0.2, 0.25) is 0 Å². The molecule has 0 bridgehead atoms. The molecule has 2 heterocycles. The molecule has 0 spiro atoms.